The van der Waals surface area contributed by atoms with Crippen molar-refractivity contribution in [3.8, 4) is 5.88 Å². The van der Waals surface area contributed by atoms with Gasteiger partial charge in [-0.1, -0.05) is 6.07 Å². The molecule has 146 valence electrons. The first-order chi connectivity index (χ1) is 13.6. The molecule has 0 bridgehead atoms. The minimum atomic E-state index is -0.0634. The fourth-order valence-electron chi connectivity index (χ4n) is 3.41. The molecule has 2 N–H and O–H groups in total. The second-order valence-corrected chi connectivity index (χ2v) is 6.87. The number of urea groups is 1. The summed E-state index contributed by atoms with van der Waals surface area (Å²) in [5.41, 5.74) is 2.18. The number of amides is 2. The van der Waals surface area contributed by atoms with Crippen LogP contribution in [-0.4, -0.2) is 59.2 Å². The molecule has 8 heteroatoms. The lowest BCUT2D eigenvalue weighted by atomic mass is 10.1. The number of carbonyl (C=O) groups is 1. The Balaban J connectivity index is 1.34. The number of aromatic nitrogens is 3. The van der Waals surface area contributed by atoms with Gasteiger partial charge in [-0.25, -0.2) is 9.78 Å². The number of piperazine rings is 1. The van der Waals surface area contributed by atoms with Crippen molar-refractivity contribution in [2.24, 2.45) is 0 Å². The molecule has 0 saturated carbocycles. The number of nitrogens with one attached hydrogen (secondary N) is 2. The Kier molecular flexibility index (Phi) is 5.01. The highest BCUT2D eigenvalue weighted by Gasteiger charge is 2.24. The normalized spacial score (nSPS) is 15.5. The topological polar surface area (TPSA) is 86.4 Å². The molecule has 4 rings (SSSR count). The van der Waals surface area contributed by atoms with E-state index in [4.69, 9.17) is 4.74 Å². The van der Waals surface area contributed by atoms with Crippen LogP contribution in [0.15, 0.2) is 42.7 Å². The number of methoxy groups -OCH3 is 1. The predicted octanol–water partition coefficient (Wildman–Crippen LogP) is 2.56. The van der Waals surface area contributed by atoms with E-state index in [1.807, 2.05) is 36.2 Å². The smallest absolute Gasteiger partial charge is 0.317 e. The second-order valence-electron chi connectivity index (χ2n) is 6.87. The number of benzene rings is 1. The molecule has 1 fully saturated rings. The Morgan fingerprint density at radius 2 is 2.04 bits per heavy atom. The molecule has 1 saturated heterocycles. The molecule has 8 nitrogen and oxygen atoms in total. The first-order valence-corrected chi connectivity index (χ1v) is 9.38. The van der Waals surface area contributed by atoms with Gasteiger partial charge in [0.1, 0.15) is 0 Å². The maximum atomic E-state index is 12.7. The van der Waals surface area contributed by atoms with E-state index in [1.54, 1.807) is 19.4 Å². The third-order valence-corrected chi connectivity index (χ3v) is 5.09. The third-order valence-electron chi connectivity index (χ3n) is 5.09. The van der Waals surface area contributed by atoms with Crippen molar-refractivity contribution in [2.75, 3.05) is 38.2 Å². The van der Waals surface area contributed by atoms with Crippen LogP contribution in [0.4, 0.5) is 10.7 Å². The number of ether oxygens (including phenoxy) is 1. The average molecular weight is 380 g/mol. The fraction of sp³-hybridized carbons (Fsp3) is 0.350. The van der Waals surface area contributed by atoms with Crippen LogP contribution in [0, 0.1) is 0 Å². The monoisotopic (exact) mass is 380 g/mol. The molecule has 3 heterocycles. The van der Waals surface area contributed by atoms with Crippen LogP contribution >= 0.6 is 0 Å². The molecule has 1 aromatic carbocycles. The molecule has 1 atom stereocenters. The molecule has 0 aliphatic carbocycles. The van der Waals surface area contributed by atoms with Crippen molar-refractivity contribution >= 4 is 22.9 Å². The lowest BCUT2D eigenvalue weighted by molar-refractivity contribution is 0.191. The SMILES string of the molecule is COc1ccnc(N2CCN(C(=O)NC(C)c3ccc4[nH]ccc4c3)CC2)n1. The number of H-pyrrole nitrogens is 1. The molecule has 1 aliphatic rings. The first kappa shape index (κ1) is 18.1. The lowest BCUT2D eigenvalue weighted by Crippen LogP contribution is -2.52. The van der Waals surface area contributed by atoms with Crippen LogP contribution in [-0.2, 0) is 0 Å². The van der Waals surface area contributed by atoms with Gasteiger partial charge in [0.15, 0.2) is 0 Å². The van der Waals surface area contributed by atoms with Gasteiger partial charge in [-0.15, -0.1) is 0 Å². The summed E-state index contributed by atoms with van der Waals surface area (Å²) in [5.74, 6) is 1.17. The number of hydrogen-bond acceptors (Lipinski definition) is 5. The third kappa shape index (κ3) is 3.71. The van der Waals surface area contributed by atoms with E-state index < -0.39 is 0 Å². The lowest BCUT2D eigenvalue weighted by Gasteiger charge is -2.35. The van der Waals surface area contributed by atoms with E-state index in [-0.39, 0.29) is 12.1 Å². The molecule has 0 radical (unpaired) electrons. The van der Waals surface area contributed by atoms with Crippen molar-refractivity contribution in [2.45, 2.75) is 13.0 Å². The molecular weight excluding hydrogens is 356 g/mol. The molecule has 2 aromatic heterocycles. The molecule has 28 heavy (non-hydrogen) atoms. The number of nitrogens with zero attached hydrogens (tertiary/aromatic N) is 4. The van der Waals surface area contributed by atoms with Gasteiger partial charge in [0.2, 0.25) is 11.8 Å². The Hall–Kier alpha value is -3.29. The summed E-state index contributed by atoms with van der Waals surface area (Å²) in [4.78, 5) is 28.4. The number of anilines is 1. The summed E-state index contributed by atoms with van der Waals surface area (Å²) in [5, 5.41) is 4.25. The van der Waals surface area contributed by atoms with Crippen LogP contribution in [0.5, 0.6) is 5.88 Å². The van der Waals surface area contributed by atoms with Crippen LogP contribution in [0.25, 0.3) is 10.9 Å². The number of fused-ring (bicyclic) bond motifs is 1. The Bertz CT molecular complexity index is 964. The summed E-state index contributed by atoms with van der Waals surface area (Å²) in [6.07, 6.45) is 3.60. The summed E-state index contributed by atoms with van der Waals surface area (Å²) in [6, 6.07) is 9.84. The van der Waals surface area contributed by atoms with Crippen LogP contribution in [0.3, 0.4) is 0 Å². The van der Waals surface area contributed by atoms with Crippen LogP contribution in [0.1, 0.15) is 18.5 Å². The van der Waals surface area contributed by atoms with Gasteiger partial charge in [-0.3, -0.25) is 0 Å². The largest absolute Gasteiger partial charge is 0.481 e. The van der Waals surface area contributed by atoms with E-state index in [9.17, 15) is 4.79 Å². The van der Waals surface area contributed by atoms with Gasteiger partial charge in [-0.2, -0.15) is 4.98 Å². The van der Waals surface area contributed by atoms with Gasteiger partial charge in [0, 0.05) is 50.2 Å². The zero-order valence-corrected chi connectivity index (χ0v) is 16.1. The van der Waals surface area contributed by atoms with Gasteiger partial charge >= 0.3 is 6.03 Å². The number of hydrogen-bond donors (Lipinski definition) is 2. The molecule has 1 aliphatic heterocycles. The number of rotatable bonds is 4. The van der Waals surface area contributed by atoms with E-state index >= 15 is 0 Å². The van der Waals surface area contributed by atoms with E-state index in [2.05, 4.69) is 31.2 Å². The summed E-state index contributed by atoms with van der Waals surface area (Å²) in [7, 11) is 1.59. The maximum Gasteiger partial charge on any atom is 0.317 e. The van der Waals surface area contributed by atoms with E-state index in [0.29, 0.717) is 38.0 Å². The summed E-state index contributed by atoms with van der Waals surface area (Å²) in [6.45, 7) is 4.62. The van der Waals surface area contributed by atoms with Crippen molar-refractivity contribution in [1.29, 1.82) is 0 Å². The number of aromatic amines is 1. The fourth-order valence-corrected chi connectivity index (χ4v) is 3.41. The number of carbonyl (C=O) groups excluding carboxylic acids is 1. The Morgan fingerprint density at radius 1 is 1.21 bits per heavy atom. The molecular formula is C20H24N6O2. The van der Waals surface area contributed by atoms with E-state index in [0.717, 1.165) is 16.5 Å². The highest BCUT2D eigenvalue weighted by atomic mass is 16.5. The van der Waals surface area contributed by atoms with Gasteiger partial charge in [-0.05, 0) is 36.1 Å². The average Bonchev–Trinajstić information content (AvgIpc) is 3.21. The molecule has 0 spiro atoms. The predicted molar refractivity (Wildman–Crippen MR) is 108 cm³/mol. The minimum Gasteiger partial charge on any atom is -0.481 e. The zero-order valence-electron chi connectivity index (χ0n) is 16.1. The maximum absolute atomic E-state index is 12.7. The standard InChI is InChI=1S/C20H24N6O2/c1-14(15-3-4-17-16(13-15)5-7-21-17)23-20(27)26-11-9-25(10-12-26)19-22-8-6-18(24-19)28-2/h3-8,13-14,21H,9-12H2,1-2H3,(H,23,27). The highest BCUT2D eigenvalue weighted by Crippen LogP contribution is 2.20. The molecule has 2 amide bonds. The molecule has 3 aromatic rings. The quantitative estimate of drug-likeness (QED) is 0.726. The zero-order chi connectivity index (χ0) is 19.5. The molecule has 1 unspecified atom stereocenters. The van der Waals surface area contributed by atoms with Crippen molar-refractivity contribution in [3.05, 3.63) is 48.3 Å². The van der Waals surface area contributed by atoms with Crippen molar-refractivity contribution in [1.82, 2.24) is 25.2 Å². The first-order valence-electron chi connectivity index (χ1n) is 9.38. The minimum absolute atomic E-state index is 0.0483. The van der Waals surface area contributed by atoms with Crippen LogP contribution < -0.4 is 15.0 Å². The van der Waals surface area contributed by atoms with Gasteiger partial charge in [0.25, 0.3) is 0 Å². The van der Waals surface area contributed by atoms with Gasteiger partial charge < -0.3 is 24.8 Å². The van der Waals surface area contributed by atoms with Gasteiger partial charge in [0.05, 0.1) is 13.2 Å². The van der Waals surface area contributed by atoms with Crippen molar-refractivity contribution in [3.63, 3.8) is 0 Å². The second kappa shape index (κ2) is 7.75. The summed E-state index contributed by atoms with van der Waals surface area (Å²) < 4.78 is 5.16. The summed E-state index contributed by atoms with van der Waals surface area (Å²) >= 11 is 0. The van der Waals surface area contributed by atoms with Crippen LogP contribution in [0.2, 0.25) is 0 Å². The highest BCUT2D eigenvalue weighted by molar-refractivity contribution is 5.80. The van der Waals surface area contributed by atoms with E-state index in [1.165, 1.54) is 0 Å². The Morgan fingerprint density at radius 3 is 2.82 bits per heavy atom. The Labute approximate surface area is 163 Å². The van der Waals surface area contributed by atoms with Crippen molar-refractivity contribution < 1.29 is 9.53 Å².